The van der Waals surface area contributed by atoms with E-state index in [4.69, 9.17) is 28.9 Å². The molecule has 1 amide bonds. The number of sulfone groups is 1. The van der Waals surface area contributed by atoms with Gasteiger partial charge in [-0.2, -0.15) is 15.0 Å². The molecule has 2 atom stereocenters. The monoisotopic (exact) mass is 862 g/mol. The second-order valence-corrected chi connectivity index (χ2v) is 26.0. The Hall–Kier alpha value is -4.46. The number of fused-ring (bicyclic) bond motifs is 4. The second kappa shape index (κ2) is 16.4. The van der Waals surface area contributed by atoms with Gasteiger partial charge in [-0.3, -0.25) is 9.47 Å². The molecule has 1 saturated carbocycles. The van der Waals surface area contributed by atoms with E-state index in [1.165, 1.54) is 13.2 Å². The van der Waals surface area contributed by atoms with Crippen LogP contribution in [0, 0.1) is 17.3 Å². The van der Waals surface area contributed by atoms with Crippen molar-refractivity contribution < 1.29 is 36.6 Å². The number of hydrogen-bond acceptors (Lipinski definition) is 11. The lowest BCUT2D eigenvalue weighted by Gasteiger charge is -2.42. The Labute approximate surface area is 354 Å². The highest BCUT2D eigenvalue weighted by atomic mass is 32.2. The van der Waals surface area contributed by atoms with Crippen LogP contribution < -0.4 is 14.4 Å². The number of hydrogen-bond donors (Lipinski definition) is 0. The number of carbonyl (C=O) groups excluding carboxylic acids is 1. The molecule has 13 nitrogen and oxygen atoms in total. The van der Waals surface area contributed by atoms with E-state index >= 15 is 4.39 Å². The van der Waals surface area contributed by atoms with Crippen LogP contribution in [0.5, 0.6) is 17.5 Å². The maximum atomic E-state index is 16.3. The molecule has 0 N–H and O–H groups in total. The lowest BCUT2D eigenvalue weighted by atomic mass is 9.93. The van der Waals surface area contributed by atoms with Crippen molar-refractivity contribution in [2.75, 3.05) is 38.1 Å². The van der Waals surface area contributed by atoms with Crippen molar-refractivity contribution in [3.63, 3.8) is 0 Å². The number of imidazole rings is 1. The number of halogens is 1. The van der Waals surface area contributed by atoms with Crippen LogP contribution in [0.15, 0.2) is 29.4 Å². The van der Waals surface area contributed by atoms with E-state index in [0.29, 0.717) is 57.6 Å². The van der Waals surface area contributed by atoms with Crippen molar-refractivity contribution >= 4 is 51.8 Å². The highest BCUT2D eigenvalue weighted by Crippen LogP contribution is 2.46. The van der Waals surface area contributed by atoms with Gasteiger partial charge in [-0.15, -0.1) is 5.54 Å². The molecule has 2 aromatic heterocycles. The summed E-state index contributed by atoms with van der Waals surface area (Å²) >= 11 is 0. The smallest absolute Gasteiger partial charge is 0.410 e. The predicted molar refractivity (Wildman–Crippen MR) is 233 cm³/mol. The van der Waals surface area contributed by atoms with Gasteiger partial charge in [0.2, 0.25) is 9.84 Å². The second-order valence-electron chi connectivity index (χ2n) is 18.5. The first kappa shape index (κ1) is 43.6. The summed E-state index contributed by atoms with van der Waals surface area (Å²) < 4.78 is 68.4. The van der Waals surface area contributed by atoms with Crippen LogP contribution in [0.2, 0.25) is 16.6 Å². The Morgan fingerprint density at radius 3 is 2.15 bits per heavy atom. The summed E-state index contributed by atoms with van der Waals surface area (Å²) in [5.74, 6) is 4.01. The maximum absolute atomic E-state index is 16.3. The van der Waals surface area contributed by atoms with E-state index in [1.807, 2.05) is 36.3 Å². The van der Waals surface area contributed by atoms with Crippen LogP contribution in [-0.4, -0.2) is 97.9 Å². The van der Waals surface area contributed by atoms with Gasteiger partial charge in [-0.05, 0) is 87.0 Å². The standard InChI is InChI=1S/C44H59FN6O7SSi/c1-26(2)60(27(3)4,28(5)6)20-19-34-35(45)18-15-29-21-33(56-25-55-10)22-36(37(29)34)57-42-47-39-38(51(42)30-13-12-14-30)40(48-41(46-39)59(11,53)54)49-23-31-16-17-32(24-49)50(31)43(52)58-44(7,8)9/h15,18,21-22,26-28,30-32H,12-14,16-17,23-25H2,1-11H3. The van der Waals surface area contributed by atoms with Gasteiger partial charge in [-0.25, -0.2) is 17.6 Å². The molecule has 4 heterocycles. The molecule has 2 aliphatic heterocycles. The summed E-state index contributed by atoms with van der Waals surface area (Å²) in [7, 11) is -4.63. The molecule has 7 rings (SSSR count). The van der Waals surface area contributed by atoms with Crippen LogP contribution in [0.1, 0.15) is 106 Å². The lowest BCUT2D eigenvalue weighted by Crippen LogP contribution is -2.57. The fraction of sp³-hybridized carbons (Fsp3) is 0.591. The van der Waals surface area contributed by atoms with E-state index in [1.54, 1.807) is 12.1 Å². The predicted octanol–water partition coefficient (Wildman–Crippen LogP) is 9.18. The van der Waals surface area contributed by atoms with E-state index in [9.17, 15) is 13.2 Å². The Morgan fingerprint density at radius 1 is 0.950 bits per heavy atom. The van der Waals surface area contributed by atoms with Gasteiger partial charge in [0, 0.05) is 43.9 Å². The number of carbonyl (C=O) groups is 1. The zero-order chi connectivity index (χ0) is 43.5. The van der Waals surface area contributed by atoms with E-state index in [2.05, 4.69) is 62.9 Å². The van der Waals surface area contributed by atoms with Crippen molar-refractivity contribution in [3.8, 4) is 29.0 Å². The van der Waals surface area contributed by atoms with Gasteiger partial charge >= 0.3 is 12.1 Å². The van der Waals surface area contributed by atoms with Gasteiger partial charge in [0.1, 0.15) is 36.5 Å². The summed E-state index contributed by atoms with van der Waals surface area (Å²) in [6, 6.07) is 6.38. The van der Waals surface area contributed by atoms with E-state index in [-0.39, 0.29) is 59.1 Å². The minimum atomic E-state index is -3.88. The van der Waals surface area contributed by atoms with Gasteiger partial charge in [0.05, 0.1) is 17.6 Å². The van der Waals surface area contributed by atoms with E-state index in [0.717, 1.165) is 38.4 Å². The number of nitrogens with zero attached hydrogens (tertiary/aromatic N) is 6. The Bertz CT molecular complexity index is 2430. The van der Waals surface area contributed by atoms with Gasteiger partial charge in [0.25, 0.3) is 5.16 Å². The maximum Gasteiger partial charge on any atom is 0.410 e. The van der Waals surface area contributed by atoms with Crippen molar-refractivity contribution in [2.45, 2.75) is 140 Å². The molecule has 1 aliphatic carbocycles. The molecule has 2 unspecified atom stereocenters. The van der Waals surface area contributed by atoms with Crippen LogP contribution in [0.4, 0.5) is 15.0 Å². The fourth-order valence-electron chi connectivity index (χ4n) is 9.57. The molecule has 0 radical (unpaired) electrons. The number of rotatable bonds is 11. The minimum Gasteiger partial charge on any atom is -0.467 e. The van der Waals surface area contributed by atoms with Crippen molar-refractivity contribution in [3.05, 3.63) is 35.6 Å². The van der Waals surface area contributed by atoms with Gasteiger partial charge in [-0.1, -0.05) is 53.5 Å². The number of anilines is 1. The molecule has 60 heavy (non-hydrogen) atoms. The first-order valence-corrected chi connectivity index (χ1v) is 25.2. The first-order chi connectivity index (χ1) is 28.2. The summed E-state index contributed by atoms with van der Waals surface area (Å²) in [6.45, 7) is 19.7. The Kier molecular flexibility index (Phi) is 11.9. The van der Waals surface area contributed by atoms with Crippen molar-refractivity contribution in [2.24, 2.45) is 0 Å². The summed E-state index contributed by atoms with van der Waals surface area (Å²) in [4.78, 5) is 31.4. The molecule has 16 heteroatoms. The summed E-state index contributed by atoms with van der Waals surface area (Å²) in [6.07, 6.45) is 4.88. The first-order valence-electron chi connectivity index (χ1n) is 21.1. The Balaban J connectivity index is 1.41. The summed E-state index contributed by atoms with van der Waals surface area (Å²) in [5, 5.41) is 0.765. The molecule has 2 saturated heterocycles. The third-order valence-corrected chi connectivity index (χ3v) is 19.6. The van der Waals surface area contributed by atoms with Crippen LogP contribution in [0.25, 0.3) is 21.9 Å². The lowest BCUT2D eigenvalue weighted by molar-refractivity contribution is 0.0122. The average molecular weight is 863 g/mol. The quantitative estimate of drug-likeness (QED) is 0.0618. The SMILES string of the molecule is COCOc1cc(Oc2nc3nc(S(C)(=O)=O)nc(N4CC5CCC(C4)N5C(=O)OC(C)(C)C)c3n2C2CCC2)c2c(C#C[Si](C(C)C)(C(C)C)C(C)C)c(F)ccc2c1. The van der Waals surface area contributed by atoms with Gasteiger partial charge < -0.3 is 23.8 Å². The highest BCUT2D eigenvalue weighted by Gasteiger charge is 2.46. The topological polar surface area (TPSA) is 138 Å². The number of benzene rings is 2. The van der Waals surface area contributed by atoms with Crippen molar-refractivity contribution in [1.82, 2.24) is 24.4 Å². The van der Waals surface area contributed by atoms with Crippen molar-refractivity contribution in [1.29, 1.82) is 0 Å². The normalized spacial score (nSPS) is 18.7. The third kappa shape index (κ3) is 8.16. The summed E-state index contributed by atoms with van der Waals surface area (Å²) in [5.41, 5.74) is 4.97. The van der Waals surface area contributed by atoms with E-state index < -0.39 is 29.3 Å². The number of amides is 1. The minimum absolute atomic E-state index is 0.0267. The number of methoxy groups -OCH3 is 1. The fourth-order valence-corrected chi connectivity index (χ4v) is 15.3. The average Bonchev–Trinajstić information content (AvgIpc) is 3.61. The number of aromatic nitrogens is 4. The third-order valence-electron chi connectivity index (χ3n) is 12.5. The molecular weight excluding hydrogens is 804 g/mol. The molecule has 4 aromatic rings. The number of ether oxygens (including phenoxy) is 4. The largest absolute Gasteiger partial charge is 0.467 e. The Morgan fingerprint density at radius 2 is 1.60 bits per heavy atom. The number of piperazine rings is 1. The van der Waals surface area contributed by atoms with Crippen LogP contribution in [0.3, 0.4) is 0 Å². The molecule has 3 aliphatic rings. The zero-order valence-electron chi connectivity index (χ0n) is 36.8. The molecule has 0 spiro atoms. The van der Waals surface area contributed by atoms with Crippen LogP contribution in [-0.2, 0) is 19.3 Å². The molecule has 3 fully saturated rings. The molecule has 2 bridgehead atoms. The molecule has 324 valence electrons. The molecule has 2 aromatic carbocycles. The zero-order valence-corrected chi connectivity index (χ0v) is 38.6. The van der Waals surface area contributed by atoms with Crippen LogP contribution >= 0.6 is 0 Å². The highest BCUT2D eigenvalue weighted by molar-refractivity contribution is 7.90. The van der Waals surface area contributed by atoms with Gasteiger partial charge in [0.15, 0.2) is 18.3 Å². The molecular formula is C44H59FN6O7SSi.